The number of benzene rings is 2. The molecule has 5 rings (SSSR count). The van der Waals surface area contributed by atoms with Gasteiger partial charge < -0.3 is 18.9 Å². The van der Waals surface area contributed by atoms with E-state index in [1.807, 2.05) is 6.92 Å². The summed E-state index contributed by atoms with van der Waals surface area (Å²) in [5, 5.41) is 3.26. The van der Waals surface area contributed by atoms with Crippen LogP contribution in [0.4, 0.5) is 14.8 Å². The molecule has 1 fully saturated rings. The molecule has 1 saturated carbocycles. The van der Waals surface area contributed by atoms with Gasteiger partial charge in [0.25, 0.3) is 11.4 Å². The number of rotatable bonds is 4. The SMILES string of the molecule is CCOC(=O)C1CCC(Nc2nc3ccc(F)cc3o2)CC1.Fc1ccc2nc(Cl)oc2c1. The van der Waals surface area contributed by atoms with Gasteiger partial charge in [-0.15, -0.1) is 0 Å². The number of hydrogen-bond acceptors (Lipinski definition) is 7. The third-order valence-corrected chi connectivity index (χ3v) is 5.51. The van der Waals surface area contributed by atoms with Crippen molar-refractivity contribution in [1.82, 2.24) is 9.97 Å². The Balaban J connectivity index is 0.000000196. The highest BCUT2D eigenvalue weighted by atomic mass is 35.5. The Hall–Kier alpha value is -3.20. The molecule has 0 aliphatic heterocycles. The zero-order chi connectivity index (χ0) is 23.4. The van der Waals surface area contributed by atoms with Gasteiger partial charge in [-0.25, -0.2) is 8.78 Å². The zero-order valence-corrected chi connectivity index (χ0v) is 18.6. The zero-order valence-electron chi connectivity index (χ0n) is 17.8. The van der Waals surface area contributed by atoms with Crippen LogP contribution in [-0.2, 0) is 9.53 Å². The molecule has 1 aliphatic carbocycles. The molecule has 0 bridgehead atoms. The number of fused-ring (bicyclic) bond motifs is 2. The maximum absolute atomic E-state index is 13.1. The monoisotopic (exact) mass is 477 g/mol. The number of halogens is 3. The molecule has 2 heterocycles. The van der Waals surface area contributed by atoms with Gasteiger partial charge in [0.1, 0.15) is 22.7 Å². The summed E-state index contributed by atoms with van der Waals surface area (Å²) in [4.78, 5) is 19.8. The molecular formula is C23H22ClF2N3O4. The number of carbonyl (C=O) groups excluding carboxylic acids is 1. The molecule has 33 heavy (non-hydrogen) atoms. The highest BCUT2D eigenvalue weighted by Gasteiger charge is 2.27. The van der Waals surface area contributed by atoms with E-state index < -0.39 is 0 Å². The van der Waals surface area contributed by atoms with E-state index in [1.54, 1.807) is 6.07 Å². The first-order valence-corrected chi connectivity index (χ1v) is 11.0. The van der Waals surface area contributed by atoms with Gasteiger partial charge in [-0.2, -0.15) is 9.97 Å². The summed E-state index contributed by atoms with van der Waals surface area (Å²) in [6.07, 6.45) is 3.31. The number of aromatic nitrogens is 2. The Morgan fingerprint density at radius 2 is 1.64 bits per heavy atom. The fraction of sp³-hybridized carbons (Fsp3) is 0.348. The van der Waals surface area contributed by atoms with Crippen molar-refractivity contribution in [2.45, 2.75) is 38.6 Å². The molecule has 0 spiro atoms. The molecule has 7 nitrogen and oxygen atoms in total. The van der Waals surface area contributed by atoms with Crippen molar-refractivity contribution >= 4 is 45.8 Å². The summed E-state index contributed by atoms with van der Waals surface area (Å²) in [6, 6.07) is 8.96. The van der Waals surface area contributed by atoms with Crippen molar-refractivity contribution in [3.8, 4) is 0 Å². The fourth-order valence-electron chi connectivity index (χ4n) is 3.74. The van der Waals surface area contributed by atoms with E-state index in [2.05, 4.69) is 15.3 Å². The molecule has 0 amide bonds. The molecule has 1 N–H and O–H groups in total. The average Bonchev–Trinajstić information content (AvgIpc) is 3.35. The number of nitrogens with zero attached hydrogens (tertiary/aromatic N) is 2. The van der Waals surface area contributed by atoms with Crippen molar-refractivity contribution in [2.75, 3.05) is 11.9 Å². The van der Waals surface area contributed by atoms with E-state index in [4.69, 9.17) is 25.2 Å². The number of hydrogen-bond donors (Lipinski definition) is 1. The van der Waals surface area contributed by atoms with Crippen molar-refractivity contribution in [2.24, 2.45) is 5.92 Å². The van der Waals surface area contributed by atoms with Gasteiger partial charge in [-0.1, -0.05) is 0 Å². The minimum absolute atomic E-state index is 0.00396. The summed E-state index contributed by atoms with van der Waals surface area (Å²) in [5.41, 5.74) is 2.00. The average molecular weight is 478 g/mol. The second kappa shape index (κ2) is 10.2. The van der Waals surface area contributed by atoms with Crippen molar-refractivity contribution in [3.05, 3.63) is 53.4 Å². The van der Waals surface area contributed by atoms with E-state index >= 15 is 0 Å². The lowest BCUT2D eigenvalue weighted by atomic mass is 9.86. The standard InChI is InChI=1S/C16H19FN2O3.C7H3ClFNO/c1-2-21-15(20)10-3-6-12(7-4-10)18-16-19-13-8-5-11(17)9-14(13)22-16;8-7-10-5-2-1-4(9)3-6(5)11-7/h5,8-10,12H,2-4,6-7H2,1H3,(H,18,19);1-3H. The van der Waals surface area contributed by atoms with Crippen LogP contribution in [0.1, 0.15) is 32.6 Å². The topological polar surface area (TPSA) is 90.4 Å². The molecule has 0 radical (unpaired) electrons. The van der Waals surface area contributed by atoms with E-state index in [9.17, 15) is 13.6 Å². The van der Waals surface area contributed by atoms with Crippen LogP contribution in [0.25, 0.3) is 22.2 Å². The first kappa shape index (κ1) is 23.0. The van der Waals surface area contributed by atoms with Crippen LogP contribution in [0.15, 0.2) is 45.2 Å². The first-order valence-electron chi connectivity index (χ1n) is 10.6. The summed E-state index contributed by atoms with van der Waals surface area (Å²) in [7, 11) is 0. The second-order valence-corrected chi connectivity index (χ2v) is 7.98. The Bertz CT molecular complexity index is 1250. The van der Waals surface area contributed by atoms with Crippen LogP contribution in [0, 0.1) is 17.6 Å². The molecule has 0 atom stereocenters. The number of esters is 1. The Kier molecular flexibility index (Phi) is 7.08. The molecular weight excluding hydrogens is 456 g/mol. The van der Waals surface area contributed by atoms with Crippen LogP contribution in [-0.4, -0.2) is 28.6 Å². The first-order chi connectivity index (χ1) is 15.9. The highest BCUT2D eigenvalue weighted by molar-refractivity contribution is 6.28. The Morgan fingerprint density at radius 3 is 2.27 bits per heavy atom. The highest BCUT2D eigenvalue weighted by Crippen LogP contribution is 2.28. The normalized spacial score (nSPS) is 18.1. The third kappa shape index (κ3) is 5.78. The van der Waals surface area contributed by atoms with Gasteiger partial charge in [0.15, 0.2) is 11.2 Å². The van der Waals surface area contributed by atoms with Crippen molar-refractivity contribution in [1.29, 1.82) is 0 Å². The minimum Gasteiger partial charge on any atom is -0.466 e. The van der Waals surface area contributed by atoms with E-state index in [0.29, 0.717) is 34.8 Å². The minimum atomic E-state index is -0.356. The van der Waals surface area contributed by atoms with Gasteiger partial charge in [0.05, 0.1) is 12.5 Å². The lowest BCUT2D eigenvalue weighted by Crippen LogP contribution is -2.30. The maximum Gasteiger partial charge on any atom is 0.308 e. The summed E-state index contributed by atoms with van der Waals surface area (Å²) < 4.78 is 41.1. The van der Waals surface area contributed by atoms with Gasteiger partial charge >= 0.3 is 5.97 Å². The van der Waals surface area contributed by atoms with Gasteiger partial charge in [-0.3, -0.25) is 4.79 Å². The lowest BCUT2D eigenvalue weighted by molar-refractivity contribution is -0.149. The molecule has 4 aromatic rings. The second-order valence-electron chi connectivity index (χ2n) is 7.65. The Labute approximate surface area is 193 Å². The van der Waals surface area contributed by atoms with E-state index in [1.165, 1.54) is 30.3 Å². The molecule has 2 aromatic carbocycles. The van der Waals surface area contributed by atoms with E-state index in [-0.39, 0.29) is 34.9 Å². The number of oxazole rings is 2. The summed E-state index contributed by atoms with van der Waals surface area (Å²) in [5.74, 6) is -0.801. The largest absolute Gasteiger partial charge is 0.466 e. The number of nitrogens with one attached hydrogen (secondary N) is 1. The molecule has 10 heteroatoms. The molecule has 0 unspecified atom stereocenters. The molecule has 2 aromatic heterocycles. The van der Waals surface area contributed by atoms with Crippen LogP contribution >= 0.6 is 11.6 Å². The van der Waals surface area contributed by atoms with Crippen LogP contribution < -0.4 is 5.32 Å². The number of carbonyl (C=O) groups is 1. The molecule has 1 aliphatic rings. The lowest BCUT2D eigenvalue weighted by Gasteiger charge is -2.27. The van der Waals surface area contributed by atoms with Gasteiger partial charge in [0.2, 0.25) is 0 Å². The van der Waals surface area contributed by atoms with Crippen LogP contribution in [0.2, 0.25) is 5.35 Å². The van der Waals surface area contributed by atoms with Crippen LogP contribution in [0.5, 0.6) is 0 Å². The van der Waals surface area contributed by atoms with E-state index in [0.717, 1.165) is 25.7 Å². The van der Waals surface area contributed by atoms with Gasteiger partial charge in [-0.05, 0) is 68.5 Å². The number of ether oxygens (including phenoxy) is 1. The maximum atomic E-state index is 13.1. The molecule has 174 valence electrons. The third-order valence-electron chi connectivity index (χ3n) is 5.35. The summed E-state index contributed by atoms with van der Waals surface area (Å²) in [6.45, 7) is 2.25. The van der Waals surface area contributed by atoms with Crippen molar-refractivity contribution < 1.29 is 27.1 Å². The molecule has 0 saturated heterocycles. The quantitative estimate of drug-likeness (QED) is 0.354. The predicted molar refractivity (Wildman–Crippen MR) is 119 cm³/mol. The summed E-state index contributed by atoms with van der Waals surface area (Å²) >= 11 is 5.44. The Morgan fingerprint density at radius 1 is 1.03 bits per heavy atom. The fourth-order valence-corrected chi connectivity index (χ4v) is 3.91. The number of anilines is 1. The van der Waals surface area contributed by atoms with Crippen molar-refractivity contribution in [3.63, 3.8) is 0 Å². The van der Waals surface area contributed by atoms with Gasteiger partial charge in [0, 0.05) is 18.2 Å². The van der Waals surface area contributed by atoms with Crippen LogP contribution in [0.3, 0.4) is 0 Å². The predicted octanol–water partition coefficient (Wildman–Crippen LogP) is 6.12. The smallest absolute Gasteiger partial charge is 0.308 e.